The minimum Gasteiger partial charge on any atom is -0.481 e. The van der Waals surface area contributed by atoms with Crippen molar-refractivity contribution in [1.82, 2.24) is 4.98 Å². The van der Waals surface area contributed by atoms with Crippen molar-refractivity contribution in [2.24, 2.45) is 17.6 Å². The second kappa shape index (κ2) is 5.11. The topological polar surface area (TPSA) is 96.5 Å². The van der Waals surface area contributed by atoms with Gasteiger partial charge in [-0.25, -0.2) is 4.98 Å². The Kier molecular flexibility index (Phi) is 3.65. The number of hydrogen-bond donors (Lipinski definition) is 2. The van der Waals surface area contributed by atoms with Crippen LogP contribution in [-0.4, -0.2) is 35.1 Å². The zero-order chi connectivity index (χ0) is 15.0. The number of aliphatic carboxylic acids is 1. The largest absolute Gasteiger partial charge is 0.481 e. The van der Waals surface area contributed by atoms with E-state index in [0.29, 0.717) is 24.5 Å². The quantitative estimate of drug-likeness (QED) is 0.857. The van der Waals surface area contributed by atoms with Gasteiger partial charge in [0.05, 0.1) is 11.5 Å². The van der Waals surface area contributed by atoms with Crippen LogP contribution in [0.25, 0.3) is 0 Å². The fraction of sp³-hybridized carbons (Fsp3) is 0.500. The van der Waals surface area contributed by atoms with E-state index in [1.165, 1.54) is 0 Å². The summed E-state index contributed by atoms with van der Waals surface area (Å²) in [6.07, 6.45) is 0. The van der Waals surface area contributed by atoms with E-state index in [9.17, 15) is 14.7 Å². The van der Waals surface area contributed by atoms with Crippen molar-refractivity contribution >= 4 is 17.7 Å². The molecule has 6 nitrogen and oxygen atoms in total. The summed E-state index contributed by atoms with van der Waals surface area (Å²) < 4.78 is 0. The Morgan fingerprint density at radius 1 is 1.40 bits per heavy atom. The summed E-state index contributed by atoms with van der Waals surface area (Å²) >= 11 is 0. The number of carbonyl (C=O) groups excluding carboxylic acids is 1. The van der Waals surface area contributed by atoms with Crippen molar-refractivity contribution in [3.63, 3.8) is 0 Å². The van der Waals surface area contributed by atoms with E-state index in [-0.39, 0.29) is 5.92 Å². The van der Waals surface area contributed by atoms with E-state index in [2.05, 4.69) is 4.98 Å². The number of aromatic nitrogens is 1. The van der Waals surface area contributed by atoms with Gasteiger partial charge < -0.3 is 15.7 Å². The Hall–Kier alpha value is -2.11. The van der Waals surface area contributed by atoms with Gasteiger partial charge in [0, 0.05) is 18.8 Å². The number of amides is 1. The molecule has 1 aliphatic heterocycles. The van der Waals surface area contributed by atoms with Crippen molar-refractivity contribution < 1.29 is 14.7 Å². The second-order valence-corrected chi connectivity index (χ2v) is 5.47. The molecule has 2 atom stereocenters. The van der Waals surface area contributed by atoms with Crippen LogP contribution in [0, 0.1) is 25.7 Å². The van der Waals surface area contributed by atoms with E-state index in [0.717, 1.165) is 11.3 Å². The van der Waals surface area contributed by atoms with Crippen LogP contribution in [0.5, 0.6) is 0 Å². The highest BCUT2D eigenvalue weighted by Gasteiger charge is 2.36. The average Bonchev–Trinajstić information content (AvgIpc) is 2.69. The predicted octanol–water partition coefficient (Wildman–Crippen LogP) is 0.954. The number of carboxylic acid groups (broad SMARTS) is 1. The maximum atomic E-state index is 11.6. The Bertz CT molecular complexity index is 571. The number of primary amides is 1. The van der Waals surface area contributed by atoms with Gasteiger partial charge in [0.15, 0.2) is 0 Å². The van der Waals surface area contributed by atoms with E-state index in [1.807, 2.05) is 25.7 Å². The van der Waals surface area contributed by atoms with Gasteiger partial charge in [-0.05, 0) is 31.4 Å². The first-order valence-corrected chi connectivity index (χ1v) is 6.57. The highest BCUT2D eigenvalue weighted by molar-refractivity contribution is 5.99. The zero-order valence-electron chi connectivity index (χ0n) is 11.9. The first kappa shape index (κ1) is 14.3. The molecule has 2 heterocycles. The van der Waals surface area contributed by atoms with Crippen LogP contribution in [0.15, 0.2) is 6.07 Å². The third-order valence-electron chi connectivity index (χ3n) is 3.80. The lowest BCUT2D eigenvalue weighted by Crippen LogP contribution is -2.27. The van der Waals surface area contributed by atoms with Crippen LogP contribution in [0.4, 0.5) is 5.82 Å². The second-order valence-electron chi connectivity index (χ2n) is 5.47. The summed E-state index contributed by atoms with van der Waals surface area (Å²) in [5.74, 6) is -1.28. The molecule has 1 aromatic rings. The summed E-state index contributed by atoms with van der Waals surface area (Å²) in [6.45, 7) is 6.47. The van der Waals surface area contributed by atoms with Gasteiger partial charge in [0.1, 0.15) is 5.82 Å². The fourth-order valence-corrected chi connectivity index (χ4v) is 2.81. The van der Waals surface area contributed by atoms with Crippen LogP contribution < -0.4 is 10.6 Å². The minimum absolute atomic E-state index is 0.0100. The molecule has 2 rings (SSSR count). The molecule has 1 amide bonds. The third kappa shape index (κ3) is 2.45. The number of nitrogens with two attached hydrogens (primary N) is 1. The van der Waals surface area contributed by atoms with Crippen LogP contribution in [0.1, 0.15) is 28.5 Å². The summed E-state index contributed by atoms with van der Waals surface area (Å²) in [5.41, 5.74) is 7.38. The molecule has 6 heteroatoms. The number of pyridine rings is 1. The summed E-state index contributed by atoms with van der Waals surface area (Å²) in [7, 11) is 0. The monoisotopic (exact) mass is 277 g/mol. The summed E-state index contributed by atoms with van der Waals surface area (Å²) in [6, 6.07) is 1.80. The van der Waals surface area contributed by atoms with Crippen molar-refractivity contribution in [3.8, 4) is 0 Å². The van der Waals surface area contributed by atoms with Gasteiger partial charge in [0.25, 0.3) is 5.91 Å². The lowest BCUT2D eigenvalue weighted by molar-refractivity contribution is -0.142. The summed E-state index contributed by atoms with van der Waals surface area (Å²) in [5, 5.41) is 9.20. The predicted molar refractivity (Wildman–Crippen MR) is 74.7 cm³/mol. The Morgan fingerprint density at radius 3 is 2.55 bits per heavy atom. The molecular formula is C14H19N3O3. The third-order valence-corrected chi connectivity index (χ3v) is 3.80. The minimum atomic E-state index is -0.815. The Labute approximate surface area is 117 Å². The normalized spacial score (nSPS) is 22.1. The number of carbonyl (C=O) groups is 2. The highest BCUT2D eigenvalue weighted by atomic mass is 16.4. The number of carboxylic acids is 1. The molecule has 0 aliphatic carbocycles. The maximum Gasteiger partial charge on any atom is 0.308 e. The molecule has 20 heavy (non-hydrogen) atoms. The van der Waals surface area contributed by atoms with Gasteiger partial charge in [-0.15, -0.1) is 0 Å². The first-order chi connectivity index (χ1) is 9.31. The Balaban J connectivity index is 2.43. The molecule has 1 aromatic heterocycles. The molecule has 1 fully saturated rings. The molecule has 0 bridgehead atoms. The molecule has 3 N–H and O–H groups in total. The lowest BCUT2D eigenvalue weighted by atomic mass is 9.99. The molecule has 108 valence electrons. The number of anilines is 1. The molecule has 0 aromatic carbocycles. The molecule has 1 saturated heterocycles. The summed E-state index contributed by atoms with van der Waals surface area (Å²) in [4.78, 5) is 29.1. The molecule has 2 unspecified atom stereocenters. The van der Waals surface area contributed by atoms with Gasteiger partial charge in [-0.3, -0.25) is 9.59 Å². The van der Waals surface area contributed by atoms with Crippen molar-refractivity contribution in [1.29, 1.82) is 0 Å². The van der Waals surface area contributed by atoms with Gasteiger partial charge in [-0.2, -0.15) is 0 Å². The van der Waals surface area contributed by atoms with Crippen molar-refractivity contribution in [3.05, 3.63) is 22.9 Å². The van der Waals surface area contributed by atoms with Gasteiger partial charge in [-0.1, -0.05) is 6.92 Å². The van der Waals surface area contributed by atoms with Crippen molar-refractivity contribution in [2.75, 3.05) is 18.0 Å². The van der Waals surface area contributed by atoms with Crippen LogP contribution in [-0.2, 0) is 4.79 Å². The van der Waals surface area contributed by atoms with Gasteiger partial charge in [0.2, 0.25) is 0 Å². The molecule has 1 aliphatic rings. The van der Waals surface area contributed by atoms with Gasteiger partial charge >= 0.3 is 5.97 Å². The number of hydrogen-bond acceptors (Lipinski definition) is 4. The van der Waals surface area contributed by atoms with E-state index in [4.69, 9.17) is 5.73 Å². The molecule has 0 radical (unpaired) electrons. The SMILES string of the molecule is Cc1cc(C)c(C(N)=O)c(N2CC(C)C(C(=O)O)C2)n1. The van der Waals surface area contributed by atoms with Crippen molar-refractivity contribution in [2.45, 2.75) is 20.8 Å². The number of nitrogens with zero attached hydrogens (tertiary/aromatic N) is 2. The lowest BCUT2D eigenvalue weighted by Gasteiger charge is -2.21. The average molecular weight is 277 g/mol. The van der Waals surface area contributed by atoms with E-state index < -0.39 is 17.8 Å². The molecule has 0 saturated carbocycles. The number of aryl methyl sites for hydroxylation is 2. The standard InChI is InChI=1S/C14H19N3O3/c1-7-4-9(3)16-13(11(7)12(15)18)17-5-8(2)10(6-17)14(19)20/h4,8,10H,5-6H2,1-3H3,(H2,15,18)(H,19,20). The molecule has 0 spiro atoms. The van der Waals surface area contributed by atoms with Crippen LogP contribution >= 0.6 is 0 Å². The Morgan fingerprint density at radius 2 is 2.05 bits per heavy atom. The van der Waals surface area contributed by atoms with Crippen LogP contribution in [0.2, 0.25) is 0 Å². The number of rotatable bonds is 3. The van der Waals surface area contributed by atoms with E-state index >= 15 is 0 Å². The van der Waals surface area contributed by atoms with Crippen LogP contribution in [0.3, 0.4) is 0 Å². The highest BCUT2D eigenvalue weighted by Crippen LogP contribution is 2.30. The zero-order valence-corrected chi connectivity index (χ0v) is 11.9. The van der Waals surface area contributed by atoms with E-state index in [1.54, 1.807) is 6.07 Å². The maximum absolute atomic E-state index is 11.6. The molecular weight excluding hydrogens is 258 g/mol. The smallest absolute Gasteiger partial charge is 0.308 e. The first-order valence-electron chi connectivity index (χ1n) is 6.57. The fourth-order valence-electron chi connectivity index (χ4n) is 2.81.